The number of carbonyl (C=O) groups is 1. The van der Waals surface area contributed by atoms with E-state index in [9.17, 15) is 4.79 Å². The van der Waals surface area contributed by atoms with Crippen LogP contribution in [-0.4, -0.2) is 11.1 Å². The summed E-state index contributed by atoms with van der Waals surface area (Å²) in [6, 6.07) is 3.67. The normalized spacial score (nSPS) is 10.7. The molecule has 1 N–H and O–H groups in total. The van der Waals surface area contributed by atoms with Crippen molar-refractivity contribution in [2.45, 2.75) is 0 Å². The van der Waals surface area contributed by atoms with Crippen molar-refractivity contribution >= 4 is 72.6 Å². The molecule has 0 saturated heterocycles. The Morgan fingerprint density at radius 3 is 2.64 bits per heavy atom. The van der Waals surface area contributed by atoms with Gasteiger partial charge in [0, 0.05) is 22.6 Å². The van der Waals surface area contributed by atoms with E-state index in [2.05, 4.69) is 45.2 Å². The number of carboxylic acids is 1. The van der Waals surface area contributed by atoms with Crippen molar-refractivity contribution in [2.24, 2.45) is 0 Å². The Labute approximate surface area is 112 Å². The van der Waals surface area contributed by atoms with E-state index in [-0.39, 0.29) is 0 Å². The van der Waals surface area contributed by atoms with Crippen LogP contribution in [0.1, 0.15) is 10.4 Å². The summed E-state index contributed by atoms with van der Waals surface area (Å²) in [6.07, 6.45) is 0. The number of fused-ring (bicyclic) bond motifs is 1. The van der Waals surface area contributed by atoms with Crippen molar-refractivity contribution in [3.63, 3.8) is 0 Å². The standard InChI is InChI=1S/C9H4I2O2S/c10-6-1-4-7(11)3-14-8(4)2-5(6)9(12)13/h1-3H,(H,12,13). The highest BCUT2D eigenvalue weighted by atomic mass is 127. The van der Waals surface area contributed by atoms with Crippen molar-refractivity contribution in [3.05, 3.63) is 30.2 Å². The van der Waals surface area contributed by atoms with Gasteiger partial charge in [0.1, 0.15) is 0 Å². The lowest BCUT2D eigenvalue weighted by Crippen LogP contribution is -1.98. The van der Waals surface area contributed by atoms with Crippen LogP contribution >= 0.6 is 56.5 Å². The van der Waals surface area contributed by atoms with Gasteiger partial charge in [-0.05, 0) is 57.3 Å². The molecule has 0 aliphatic rings. The topological polar surface area (TPSA) is 37.3 Å². The van der Waals surface area contributed by atoms with Crippen LogP contribution in [0.5, 0.6) is 0 Å². The van der Waals surface area contributed by atoms with Gasteiger partial charge in [-0.2, -0.15) is 0 Å². The molecule has 72 valence electrons. The molecule has 0 fully saturated rings. The number of benzene rings is 1. The van der Waals surface area contributed by atoms with Crippen LogP contribution in [0.3, 0.4) is 0 Å². The van der Waals surface area contributed by atoms with Gasteiger partial charge in [0.15, 0.2) is 0 Å². The molecule has 1 aromatic carbocycles. The summed E-state index contributed by atoms with van der Waals surface area (Å²) in [4.78, 5) is 10.9. The molecule has 0 radical (unpaired) electrons. The molecule has 0 saturated carbocycles. The largest absolute Gasteiger partial charge is 0.478 e. The Hall–Kier alpha value is 0.110. The number of halogens is 2. The summed E-state index contributed by atoms with van der Waals surface area (Å²) in [7, 11) is 0. The maximum Gasteiger partial charge on any atom is 0.336 e. The van der Waals surface area contributed by atoms with E-state index >= 15 is 0 Å². The average molecular weight is 430 g/mol. The van der Waals surface area contributed by atoms with E-state index in [0.29, 0.717) is 5.56 Å². The molecule has 2 aromatic rings. The molecule has 0 atom stereocenters. The van der Waals surface area contributed by atoms with Crippen LogP contribution in [-0.2, 0) is 0 Å². The number of hydrogen-bond acceptors (Lipinski definition) is 2. The molecule has 0 aliphatic heterocycles. The molecule has 0 unspecified atom stereocenters. The predicted molar refractivity (Wildman–Crippen MR) is 74.2 cm³/mol. The second kappa shape index (κ2) is 3.93. The molecule has 1 aromatic heterocycles. The van der Waals surface area contributed by atoms with Gasteiger partial charge in [-0.1, -0.05) is 0 Å². The number of thiophene rings is 1. The first kappa shape index (κ1) is 10.6. The maximum atomic E-state index is 10.9. The summed E-state index contributed by atoms with van der Waals surface area (Å²) in [5.41, 5.74) is 0.386. The zero-order valence-corrected chi connectivity index (χ0v) is 11.9. The summed E-state index contributed by atoms with van der Waals surface area (Å²) in [6.45, 7) is 0. The smallest absolute Gasteiger partial charge is 0.336 e. The maximum absolute atomic E-state index is 10.9. The molecule has 1 heterocycles. The summed E-state index contributed by atoms with van der Waals surface area (Å²) < 4.78 is 3.00. The van der Waals surface area contributed by atoms with Gasteiger partial charge in [-0.3, -0.25) is 0 Å². The molecule has 0 spiro atoms. The molecule has 0 bridgehead atoms. The minimum atomic E-state index is -0.861. The average Bonchev–Trinajstić information content (AvgIpc) is 2.46. The Kier molecular flexibility index (Phi) is 2.98. The van der Waals surface area contributed by atoms with Crippen molar-refractivity contribution < 1.29 is 9.90 Å². The molecule has 2 nitrogen and oxygen atoms in total. The summed E-state index contributed by atoms with van der Waals surface area (Å²) in [5, 5.41) is 12.1. The fraction of sp³-hybridized carbons (Fsp3) is 0. The Balaban J connectivity index is 2.79. The third-order valence-corrected chi connectivity index (χ3v) is 5.00. The Bertz CT molecular complexity index is 519. The zero-order chi connectivity index (χ0) is 10.3. The van der Waals surface area contributed by atoms with Crippen molar-refractivity contribution in [1.29, 1.82) is 0 Å². The molecular formula is C9H4I2O2S. The number of hydrogen-bond donors (Lipinski definition) is 1. The fourth-order valence-corrected chi connectivity index (χ4v) is 3.73. The molecular weight excluding hydrogens is 426 g/mol. The minimum absolute atomic E-state index is 0.386. The van der Waals surface area contributed by atoms with E-state index < -0.39 is 5.97 Å². The summed E-state index contributed by atoms with van der Waals surface area (Å²) in [5.74, 6) is -0.861. The van der Waals surface area contributed by atoms with Crippen LogP contribution in [0.2, 0.25) is 0 Å². The van der Waals surface area contributed by atoms with Crippen LogP contribution in [0.15, 0.2) is 17.5 Å². The summed E-state index contributed by atoms with van der Waals surface area (Å²) >= 11 is 5.90. The minimum Gasteiger partial charge on any atom is -0.478 e. The second-order valence-corrected chi connectivity index (χ2v) is 5.95. The van der Waals surface area contributed by atoms with Crippen molar-refractivity contribution in [2.75, 3.05) is 0 Å². The third kappa shape index (κ3) is 1.76. The Morgan fingerprint density at radius 1 is 1.29 bits per heavy atom. The SMILES string of the molecule is O=C(O)c1cc2scc(I)c2cc1I. The molecule has 0 aliphatic carbocycles. The molecule has 14 heavy (non-hydrogen) atoms. The van der Waals surface area contributed by atoms with Gasteiger partial charge in [0.05, 0.1) is 5.56 Å². The van der Waals surface area contributed by atoms with Crippen molar-refractivity contribution in [1.82, 2.24) is 0 Å². The lowest BCUT2D eigenvalue weighted by molar-refractivity contribution is 0.0696. The van der Waals surface area contributed by atoms with Gasteiger partial charge in [0.2, 0.25) is 0 Å². The molecule has 0 amide bonds. The van der Waals surface area contributed by atoms with E-state index in [1.165, 1.54) is 3.57 Å². The van der Waals surface area contributed by atoms with E-state index in [1.54, 1.807) is 17.4 Å². The number of carboxylic acid groups (broad SMARTS) is 1. The third-order valence-electron chi connectivity index (χ3n) is 1.85. The van der Waals surface area contributed by atoms with Gasteiger partial charge in [0.25, 0.3) is 0 Å². The van der Waals surface area contributed by atoms with Crippen LogP contribution in [0, 0.1) is 7.14 Å². The highest BCUT2D eigenvalue weighted by Gasteiger charge is 2.11. The van der Waals surface area contributed by atoms with Crippen molar-refractivity contribution in [3.8, 4) is 0 Å². The molecule has 2 rings (SSSR count). The fourth-order valence-electron chi connectivity index (χ4n) is 1.18. The first-order valence-electron chi connectivity index (χ1n) is 3.69. The highest BCUT2D eigenvalue weighted by Crippen LogP contribution is 2.30. The highest BCUT2D eigenvalue weighted by molar-refractivity contribution is 14.1. The Morgan fingerprint density at radius 2 is 2.00 bits per heavy atom. The van der Waals surface area contributed by atoms with Gasteiger partial charge < -0.3 is 5.11 Å². The lowest BCUT2D eigenvalue weighted by atomic mass is 10.2. The quantitative estimate of drug-likeness (QED) is 0.700. The van der Waals surface area contributed by atoms with Crippen LogP contribution in [0.4, 0.5) is 0 Å². The zero-order valence-electron chi connectivity index (χ0n) is 6.75. The first-order valence-corrected chi connectivity index (χ1v) is 6.73. The lowest BCUT2D eigenvalue weighted by Gasteiger charge is -1.99. The van der Waals surface area contributed by atoms with Gasteiger partial charge >= 0.3 is 5.97 Å². The first-order chi connectivity index (χ1) is 6.59. The van der Waals surface area contributed by atoms with E-state index in [4.69, 9.17) is 5.11 Å². The van der Waals surface area contributed by atoms with Gasteiger partial charge in [-0.15, -0.1) is 11.3 Å². The van der Waals surface area contributed by atoms with Gasteiger partial charge in [-0.25, -0.2) is 4.79 Å². The number of rotatable bonds is 1. The van der Waals surface area contributed by atoms with E-state index in [1.807, 2.05) is 11.4 Å². The van der Waals surface area contributed by atoms with E-state index in [0.717, 1.165) is 13.7 Å². The monoisotopic (exact) mass is 430 g/mol. The van der Waals surface area contributed by atoms with Crippen LogP contribution < -0.4 is 0 Å². The molecule has 5 heteroatoms. The predicted octanol–water partition coefficient (Wildman–Crippen LogP) is 3.81. The second-order valence-electron chi connectivity index (χ2n) is 2.72. The number of aromatic carboxylic acids is 1. The van der Waals surface area contributed by atoms with Crippen LogP contribution in [0.25, 0.3) is 10.1 Å².